The predicted molar refractivity (Wildman–Crippen MR) is 64.3 cm³/mol. The van der Waals surface area contributed by atoms with Crippen molar-refractivity contribution in [2.45, 2.75) is 18.7 Å². The maximum absolute atomic E-state index is 11.7. The van der Waals surface area contributed by atoms with Crippen molar-refractivity contribution in [3.8, 4) is 0 Å². The summed E-state index contributed by atoms with van der Waals surface area (Å²) in [6.07, 6.45) is 0. The maximum atomic E-state index is 11.7. The van der Waals surface area contributed by atoms with Crippen LogP contribution >= 0.6 is 0 Å². The summed E-state index contributed by atoms with van der Waals surface area (Å²) < 4.78 is 23.4. The van der Waals surface area contributed by atoms with Gasteiger partial charge in [-0.3, -0.25) is 4.79 Å². The second-order valence-corrected chi connectivity index (χ2v) is 6.03. The molecule has 1 rings (SSSR count). The average Bonchev–Trinajstić information content (AvgIpc) is 2.20. The van der Waals surface area contributed by atoms with E-state index in [2.05, 4.69) is 0 Å². The average molecular weight is 257 g/mol. The fourth-order valence-electron chi connectivity index (χ4n) is 1.41. The fraction of sp³-hybridized carbons (Fsp3) is 0.364. The highest BCUT2D eigenvalue weighted by atomic mass is 32.2. The van der Waals surface area contributed by atoms with Crippen LogP contribution in [0.25, 0.3) is 0 Å². The molecule has 0 bridgehead atoms. The van der Waals surface area contributed by atoms with Gasteiger partial charge in [0.05, 0.1) is 11.5 Å². The Labute approximate surface area is 100 Å². The number of hydrogen-bond acceptors (Lipinski definition) is 4. The maximum Gasteiger partial charge on any atom is 0.321 e. The Hall–Kier alpha value is -1.40. The lowest BCUT2D eigenvalue weighted by Gasteiger charge is -2.09. The van der Waals surface area contributed by atoms with Crippen molar-refractivity contribution in [3.63, 3.8) is 0 Å². The fourth-order valence-corrected chi connectivity index (χ4v) is 3.02. The molecule has 0 aliphatic rings. The number of nitrogens with two attached hydrogens (primary N) is 1. The molecule has 0 fully saturated rings. The number of carbonyl (C=O) groups is 1. The summed E-state index contributed by atoms with van der Waals surface area (Å²) in [5.74, 6) is -2.03. The monoisotopic (exact) mass is 257 g/mol. The molecule has 0 amide bonds. The number of carboxylic acids is 1. The van der Waals surface area contributed by atoms with Crippen LogP contribution in [-0.2, 0) is 20.4 Å². The van der Waals surface area contributed by atoms with Crippen LogP contribution in [0.1, 0.15) is 11.1 Å². The summed E-state index contributed by atoms with van der Waals surface area (Å²) in [5.41, 5.74) is 6.75. The van der Waals surface area contributed by atoms with Crippen LogP contribution in [0.15, 0.2) is 24.3 Å². The van der Waals surface area contributed by atoms with Gasteiger partial charge >= 0.3 is 5.97 Å². The first-order valence-corrected chi connectivity index (χ1v) is 6.87. The zero-order valence-electron chi connectivity index (χ0n) is 9.46. The van der Waals surface area contributed by atoms with E-state index in [1.807, 2.05) is 19.1 Å². The number of aryl methyl sites for hydroxylation is 1. The quantitative estimate of drug-likeness (QED) is 0.791. The second-order valence-electron chi connectivity index (χ2n) is 3.93. The van der Waals surface area contributed by atoms with Crippen molar-refractivity contribution in [1.29, 1.82) is 0 Å². The van der Waals surface area contributed by atoms with Crippen molar-refractivity contribution in [3.05, 3.63) is 35.4 Å². The van der Waals surface area contributed by atoms with Gasteiger partial charge in [0.15, 0.2) is 9.84 Å². The Morgan fingerprint density at radius 1 is 1.41 bits per heavy atom. The van der Waals surface area contributed by atoms with E-state index in [1.54, 1.807) is 12.1 Å². The van der Waals surface area contributed by atoms with Crippen LogP contribution in [0.2, 0.25) is 0 Å². The highest BCUT2D eigenvalue weighted by Gasteiger charge is 2.22. The van der Waals surface area contributed by atoms with E-state index in [9.17, 15) is 13.2 Å². The number of carboxylic acid groups (broad SMARTS) is 1. The van der Waals surface area contributed by atoms with Gasteiger partial charge in [-0.15, -0.1) is 0 Å². The third kappa shape index (κ3) is 4.16. The van der Waals surface area contributed by atoms with Gasteiger partial charge in [0.25, 0.3) is 0 Å². The molecule has 0 aliphatic heterocycles. The first-order chi connectivity index (χ1) is 7.82. The van der Waals surface area contributed by atoms with Crippen molar-refractivity contribution >= 4 is 15.8 Å². The van der Waals surface area contributed by atoms with E-state index in [4.69, 9.17) is 10.8 Å². The molecule has 0 radical (unpaired) electrons. The van der Waals surface area contributed by atoms with Crippen LogP contribution in [0.4, 0.5) is 0 Å². The number of hydrogen-bond donors (Lipinski definition) is 2. The topological polar surface area (TPSA) is 97.5 Å². The number of aliphatic carboxylic acids is 1. The molecule has 0 heterocycles. The van der Waals surface area contributed by atoms with Crippen LogP contribution in [0.5, 0.6) is 0 Å². The van der Waals surface area contributed by atoms with Gasteiger partial charge < -0.3 is 10.8 Å². The van der Waals surface area contributed by atoms with Gasteiger partial charge in [-0.25, -0.2) is 8.42 Å². The van der Waals surface area contributed by atoms with E-state index in [-0.39, 0.29) is 5.75 Å². The van der Waals surface area contributed by atoms with Crippen LogP contribution in [-0.4, -0.2) is 31.3 Å². The third-order valence-corrected chi connectivity index (χ3v) is 4.01. The minimum Gasteiger partial charge on any atom is -0.480 e. The third-order valence-electron chi connectivity index (χ3n) is 2.39. The molecule has 17 heavy (non-hydrogen) atoms. The molecule has 0 aromatic heterocycles. The molecule has 0 saturated carbocycles. The first-order valence-electron chi connectivity index (χ1n) is 5.05. The summed E-state index contributed by atoms with van der Waals surface area (Å²) in [6, 6.07) is 5.70. The van der Waals surface area contributed by atoms with Crippen LogP contribution in [0, 0.1) is 6.92 Å². The summed E-state index contributed by atoms with van der Waals surface area (Å²) in [5, 5.41) is 8.58. The van der Waals surface area contributed by atoms with E-state index in [0.717, 1.165) is 5.56 Å². The van der Waals surface area contributed by atoms with Crippen LogP contribution in [0.3, 0.4) is 0 Å². The summed E-state index contributed by atoms with van der Waals surface area (Å²) >= 11 is 0. The lowest BCUT2D eigenvalue weighted by Crippen LogP contribution is -2.37. The second kappa shape index (κ2) is 5.29. The number of benzene rings is 1. The molecular weight excluding hydrogens is 242 g/mol. The molecular formula is C11H15NO4S. The molecule has 0 aliphatic carbocycles. The van der Waals surface area contributed by atoms with E-state index in [1.165, 1.54) is 0 Å². The van der Waals surface area contributed by atoms with Gasteiger partial charge in [0.2, 0.25) is 0 Å². The lowest BCUT2D eigenvalue weighted by molar-refractivity contribution is -0.137. The molecule has 6 heteroatoms. The molecule has 94 valence electrons. The summed E-state index contributed by atoms with van der Waals surface area (Å²) in [4.78, 5) is 10.5. The van der Waals surface area contributed by atoms with Gasteiger partial charge in [0, 0.05) is 0 Å². The van der Waals surface area contributed by atoms with Crippen molar-refractivity contribution < 1.29 is 18.3 Å². The molecule has 1 aromatic rings. The number of rotatable bonds is 5. The van der Waals surface area contributed by atoms with E-state index < -0.39 is 27.6 Å². The molecule has 1 unspecified atom stereocenters. The highest BCUT2D eigenvalue weighted by Crippen LogP contribution is 2.12. The van der Waals surface area contributed by atoms with Crippen molar-refractivity contribution in [2.24, 2.45) is 5.73 Å². The molecule has 5 nitrogen and oxygen atoms in total. The summed E-state index contributed by atoms with van der Waals surface area (Å²) in [7, 11) is -3.51. The lowest BCUT2D eigenvalue weighted by atomic mass is 10.1. The van der Waals surface area contributed by atoms with Gasteiger partial charge in [-0.05, 0) is 18.1 Å². The highest BCUT2D eigenvalue weighted by molar-refractivity contribution is 7.90. The van der Waals surface area contributed by atoms with Gasteiger partial charge in [-0.1, -0.05) is 24.3 Å². The van der Waals surface area contributed by atoms with Crippen molar-refractivity contribution in [2.75, 3.05) is 5.75 Å². The largest absolute Gasteiger partial charge is 0.480 e. The minimum atomic E-state index is -3.51. The molecule has 1 atom stereocenters. The Kier molecular flexibility index (Phi) is 4.25. The summed E-state index contributed by atoms with van der Waals surface area (Å²) in [6.45, 7) is 1.81. The Bertz CT molecular complexity index is 510. The first kappa shape index (κ1) is 13.7. The zero-order chi connectivity index (χ0) is 13.1. The minimum absolute atomic E-state index is 0.180. The number of sulfone groups is 1. The molecule has 1 aromatic carbocycles. The zero-order valence-corrected chi connectivity index (χ0v) is 10.3. The molecule has 0 saturated heterocycles. The Morgan fingerprint density at radius 3 is 2.53 bits per heavy atom. The van der Waals surface area contributed by atoms with Crippen LogP contribution < -0.4 is 5.73 Å². The van der Waals surface area contributed by atoms with Gasteiger partial charge in [0.1, 0.15) is 6.04 Å². The smallest absolute Gasteiger partial charge is 0.321 e. The molecule has 0 spiro atoms. The Balaban J connectivity index is 2.81. The van der Waals surface area contributed by atoms with Gasteiger partial charge in [-0.2, -0.15) is 0 Å². The van der Waals surface area contributed by atoms with E-state index in [0.29, 0.717) is 5.56 Å². The van der Waals surface area contributed by atoms with Crippen molar-refractivity contribution in [1.82, 2.24) is 0 Å². The Morgan fingerprint density at radius 2 is 2.00 bits per heavy atom. The molecule has 3 N–H and O–H groups in total. The standard InChI is InChI=1S/C11H15NO4S/c1-8-4-2-3-5-9(8)6-17(15,16)7-10(12)11(13)14/h2-5,10H,6-7,12H2,1H3,(H,13,14). The van der Waals surface area contributed by atoms with E-state index >= 15 is 0 Å². The predicted octanol–water partition coefficient (Wildman–Crippen LogP) is 0.322. The SMILES string of the molecule is Cc1ccccc1CS(=O)(=O)CC(N)C(=O)O. The normalized spacial score (nSPS) is 13.3.